The van der Waals surface area contributed by atoms with Gasteiger partial charge in [-0.05, 0) is 81.9 Å². The molecule has 1 fully saturated rings. The fourth-order valence-electron chi connectivity index (χ4n) is 9.50. The maximum Gasteiger partial charge on any atom is 0.309 e. The molecular formula is C45H36N2O4S. The largest absolute Gasteiger partial charge is 0.871 e. The van der Waals surface area contributed by atoms with Crippen LogP contribution in [0.1, 0.15) is 72.7 Å². The van der Waals surface area contributed by atoms with Crippen LogP contribution in [0, 0.1) is 0 Å². The van der Waals surface area contributed by atoms with Crippen LogP contribution < -0.4 is 14.6 Å². The number of rotatable bonds is 6. The van der Waals surface area contributed by atoms with Gasteiger partial charge in [-0.2, -0.15) is 4.57 Å². The first-order valence-corrected chi connectivity index (χ1v) is 18.9. The number of ketones is 1. The molecule has 1 aliphatic heterocycles. The summed E-state index contributed by atoms with van der Waals surface area (Å²) in [7, 11) is 0. The number of carboxylic acid groups (broad SMARTS) is 1. The highest BCUT2D eigenvalue weighted by molar-refractivity contribution is 7.19. The molecule has 1 N–H and O–H groups in total. The number of carbonyl (C=O) groups is 2. The fourth-order valence-corrected chi connectivity index (χ4v) is 10.8. The van der Waals surface area contributed by atoms with Crippen molar-refractivity contribution >= 4 is 67.1 Å². The zero-order valence-electron chi connectivity index (χ0n) is 29.0. The molecule has 256 valence electrons. The summed E-state index contributed by atoms with van der Waals surface area (Å²) in [6, 6.07) is 34.2. The van der Waals surface area contributed by atoms with E-state index in [0.29, 0.717) is 22.5 Å². The molecule has 52 heavy (non-hydrogen) atoms. The Kier molecular flexibility index (Phi) is 6.75. The van der Waals surface area contributed by atoms with Gasteiger partial charge in [-0.1, -0.05) is 98.0 Å². The predicted molar refractivity (Wildman–Crippen MR) is 205 cm³/mol. The van der Waals surface area contributed by atoms with Crippen LogP contribution in [0.2, 0.25) is 0 Å². The third-order valence-corrected chi connectivity index (χ3v) is 13.2. The third kappa shape index (κ3) is 4.38. The van der Waals surface area contributed by atoms with Crippen molar-refractivity contribution in [1.82, 2.24) is 0 Å². The van der Waals surface area contributed by atoms with Crippen LogP contribution >= 0.6 is 11.3 Å². The summed E-state index contributed by atoms with van der Waals surface area (Å²) in [6.45, 7) is 4.87. The molecule has 4 aliphatic rings. The average molecular weight is 701 g/mol. The molecule has 1 aromatic heterocycles. The van der Waals surface area contributed by atoms with Crippen molar-refractivity contribution in [2.45, 2.75) is 63.5 Å². The lowest BCUT2D eigenvalue weighted by Gasteiger charge is -2.31. The topological polar surface area (TPSA) is 84.6 Å². The summed E-state index contributed by atoms with van der Waals surface area (Å²) in [5.41, 5.74) is 10.8. The zero-order valence-corrected chi connectivity index (χ0v) is 29.8. The minimum Gasteiger partial charge on any atom is -0.871 e. The van der Waals surface area contributed by atoms with Gasteiger partial charge in [0.1, 0.15) is 11.1 Å². The Hall–Kier alpha value is -5.53. The average Bonchev–Trinajstić information content (AvgIpc) is 3.90. The Labute approximate surface area is 305 Å². The molecule has 5 aromatic carbocycles. The number of nitrogens with zero attached hydrogens (tertiary/aromatic N) is 2. The van der Waals surface area contributed by atoms with E-state index in [-0.39, 0.29) is 41.1 Å². The van der Waals surface area contributed by atoms with Crippen molar-refractivity contribution in [2.24, 2.45) is 0 Å². The van der Waals surface area contributed by atoms with E-state index < -0.39 is 5.97 Å². The first-order chi connectivity index (χ1) is 25.2. The predicted octanol–water partition coefficient (Wildman–Crippen LogP) is 8.65. The highest BCUT2D eigenvalue weighted by Gasteiger charge is 2.44. The maximum absolute atomic E-state index is 13.8. The number of carbonyl (C=O) groups excluding carboxylic acids is 1. The lowest BCUT2D eigenvalue weighted by atomic mass is 9.82. The van der Waals surface area contributed by atoms with Crippen molar-refractivity contribution in [3.8, 4) is 11.1 Å². The van der Waals surface area contributed by atoms with Crippen molar-refractivity contribution < 1.29 is 24.4 Å². The summed E-state index contributed by atoms with van der Waals surface area (Å²) in [6.07, 6.45) is 4.93. The first-order valence-electron chi connectivity index (χ1n) is 18.1. The number of carboxylic acids is 1. The van der Waals surface area contributed by atoms with Gasteiger partial charge in [0, 0.05) is 57.4 Å². The van der Waals surface area contributed by atoms with E-state index in [4.69, 9.17) is 0 Å². The molecule has 1 saturated carbocycles. The van der Waals surface area contributed by atoms with Gasteiger partial charge in [-0.15, -0.1) is 0 Å². The molecule has 10 rings (SSSR count). The minimum atomic E-state index is -0.900. The van der Waals surface area contributed by atoms with Gasteiger partial charge >= 0.3 is 5.97 Å². The molecule has 0 saturated heterocycles. The number of hydrogen-bond acceptors (Lipinski definition) is 5. The summed E-state index contributed by atoms with van der Waals surface area (Å²) in [4.78, 5) is 27.9. The van der Waals surface area contributed by atoms with Crippen LogP contribution in [0.25, 0.3) is 43.8 Å². The van der Waals surface area contributed by atoms with Crippen molar-refractivity contribution in [3.63, 3.8) is 0 Å². The van der Waals surface area contributed by atoms with Gasteiger partial charge in [-0.3, -0.25) is 9.59 Å². The number of hydrogen-bond donors (Lipinski definition) is 1. The lowest BCUT2D eigenvalue weighted by Crippen LogP contribution is -2.37. The highest BCUT2D eigenvalue weighted by Crippen LogP contribution is 2.55. The second kappa shape index (κ2) is 11.2. The standard InChI is InChI=1S/C45H36N2O4S/c1-45(2)34-12-6-5-10-29(34)30-17-16-27(23-35(30)45)47-36-13-7-11-31(36)32-22-26(15-18-37(32)47)41-42(50)33(43(41)51)24-39-46(21-20-40(48)49)38-19-14-25-8-3-4-9-28(25)44(38)52-39/h3-6,8-10,12,14-19,22-24,31,36H,7,11,13,20-21H2,1-2H3,(H-,48,49,50,51). The molecule has 0 spiro atoms. The number of aliphatic carboxylic acids is 1. The highest BCUT2D eigenvalue weighted by atomic mass is 32.1. The SMILES string of the molecule is CC1(C)c2ccccc2-c2ccc(N3c4ccc(C5=C([O-])C(=Cc6sc7c8ccccc8ccc7[n+]6CCC(=O)O)C5=O)cc4C4CCCC43)cc21. The second-order valence-electron chi connectivity index (χ2n) is 15.1. The molecule has 0 radical (unpaired) electrons. The first kappa shape index (κ1) is 31.2. The van der Waals surface area contributed by atoms with Crippen molar-refractivity contribution in [1.29, 1.82) is 0 Å². The fraction of sp³-hybridized carbons (Fsp3) is 0.222. The molecule has 6 nitrogen and oxygen atoms in total. The number of fused-ring (bicyclic) bond motifs is 9. The lowest BCUT2D eigenvalue weighted by molar-refractivity contribution is -0.667. The minimum absolute atomic E-state index is 0.0655. The van der Waals surface area contributed by atoms with E-state index in [0.717, 1.165) is 40.3 Å². The summed E-state index contributed by atoms with van der Waals surface area (Å²) < 4.78 is 2.93. The summed E-state index contributed by atoms with van der Waals surface area (Å²) in [5.74, 6) is -1.07. The van der Waals surface area contributed by atoms with E-state index in [1.165, 1.54) is 50.5 Å². The Morgan fingerprint density at radius 3 is 2.62 bits per heavy atom. The Morgan fingerprint density at radius 1 is 0.962 bits per heavy atom. The van der Waals surface area contributed by atoms with Crippen LogP contribution in [0.15, 0.2) is 108 Å². The van der Waals surface area contributed by atoms with Gasteiger partial charge < -0.3 is 15.1 Å². The van der Waals surface area contributed by atoms with Gasteiger partial charge in [0.25, 0.3) is 5.01 Å². The number of anilines is 2. The quantitative estimate of drug-likeness (QED) is 0.139. The number of thiazole rings is 1. The zero-order chi connectivity index (χ0) is 35.5. The molecule has 2 unspecified atom stereocenters. The smallest absolute Gasteiger partial charge is 0.309 e. The Balaban J connectivity index is 1.02. The van der Waals surface area contributed by atoms with Gasteiger partial charge in [0.2, 0.25) is 5.52 Å². The van der Waals surface area contributed by atoms with Crippen molar-refractivity contribution in [3.05, 3.63) is 136 Å². The van der Waals surface area contributed by atoms with Crippen LogP contribution in [0.3, 0.4) is 0 Å². The van der Waals surface area contributed by atoms with Crippen LogP contribution in [0.5, 0.6) is 0 Å². The number of aromatic nitrogens is 1. The maximum atomic E-state index is 13.8. The number of Topliss-reactive ketones (excluding diaryl/α,β-unsaturated/α-hetero) is 1. The Bertz CT molecular complexity index is 2630. The summed E-state index contributed by atoms with van der Waals surface area (Å²) in [5, 5.41) is 26.1. The number of aryl methyl sites for hydroxylation is 1. The van der Waals surface area contributed by atoms with E-state index in [9.17, 15) is 19.8 Å². The molecule has 2 atom stereocenters. The molecule has 7 heteroatoms. The molecule has 0 amide bonds. The van der Waals surface area contributed by atoms with Crippen LogP contribution in [-0.4, -0.2) is 22.9 Å². The molecule has 3 aliphatic carbocycles. The van der Waals surface area contributed by atoms with Crippen LogP contribution in [-0.2, 0) is 21.5 Å². The molecule has 2 heterocycles. The van der Waals surface area contributed by atoms with Gasteiger partial charge in [0.15, 0.2) is 12.3 Å². The van der Waals surface area contributed by atoms with Crippen molar-refractivity contribution in [2.75, 3.05) is 4.90 Å². The molecule has 6 aromatic rings. The molecular weight excluding hydrogens is 665 g/mol. The third-order valence-electron chi connectivity index (χ3n) is 12.0. The normalized spacial score (nSPS) is 20.4. The molecule has 0 bridgehead atoms. The van der Waals surface area contributed by atoms with Crippen LogP contribution in [0.4, 0.5) is 11.4 Å². The summed E-state index contributed by atoms with van der Waals surface area (Å²) >= 11 is 1.49. The van der Waals surface area contributed by atoms with E-state index >= 15 is 0 Å². The van der Waals surface area contributed by atoms with E-state index in [1.807, 2.05) is 47.0 Å². The van der Waals surface area contributed by atoms with E-state index in [2.05, 4.69) is 73.3 Å². The van der Waals surface area contributed by atoms with Gasteiger partial charge in [0.05, 0.1) is 0 Å². The monoisotopic (exact) mass is 700 g/mol. The van der Waals surface area contributed by atoms with E-state index in [1.54, 1.807) is 6.08 Å². The Morgan fingerprint density at radius 2 is 1.77 bits per heavy atom. The number of benzene rings is 5. The second-order valence-corrected chi connectivity index (χ2v) is 16.1. The number of allylic oxidation sites excluding steroid dienone is 2. The van der Waals surface area contributed by atoms with Gasteiger partial charge in [-0.25, -0.2) is 0 Å².